The highest BCUT2D eigenvalue weighted by Crippen LogP contribution is 2.43. The number of benzene rings is 1. The standard InChI is InChI=1S/C19H26O4/c1-12(20)18(3,4)9-14-7-8-15(10-19(5,6)13(2)21)17-16(14)22-11-23-17/h7-8H,9-11H2,1-6H3. The normalized spacial score (nSPS) is 14.0. The molecule has 0 aromatic heterocycles. The molecule has 23 heavy (non-hydrogen) atoms. The van der Waals surface area contributed by atoms with Crippen LogP contribution in [0.3, 0.4) is 0 Å². The number of carbonyl (C=O) groups excluding carboxylic acids is 2. The topological polar surface area (TPSA) is 52.6 Å². The summed E-state index contributed by atoms with van der Waals surface area (Å²) in [5.74, 6) is 1.73. The summed E-state index contributed by atoms with van der Waals surface area (Å²) in [6, 6.07) is 3.98. The van der Waals surface area contributed by atoms with Gasteiger partial charge in [-0.25, -0.2) is 0 Å². The van der Waals surface area contributed by atoms with Crippen LogP contribution in [0.2, 0.25) is 0 Å². The molecule has 0 N–H and O–H groups in total. The van der Waals surface area contributed by atoms with Gasteiger partial charge in [0, 0.05) is 10.8 Å². The minimum atomic E-state index is -0.445. The molecule has 0 bridgehead atoms. The molecule has 1 aliphatic rings. The lowest BCUT2D eigenvalue weighted by atomic mass is 9.80. The zero-order valence-electron chi connectivity index (χ0n) is 14.9. The van der Waals surface area contributed by atoms with Crippen LogP contribution in [0, 0.1) is 10.8 Å². The summed E-state index contributed by atoms with van der Waals surface area (Å²) < 4.78 is 11.3. The summed E-state index contributed by atoms with van der Waals surface area (Å²) in [4.78, 5) is 23.6. The largest absolute Gasteiger partial charge is 0.453 e. The van der Waals surface area contributed by atoms with Crippen molar-refractivity contribution in [1.82, 2.24) is 0 Å². The van der Waals surface area contributed by atoms with Gasteiger partial charge in [0.25, 0.3) is 0 Å². The predicted octanol–water partition coefficient (Wildman–Crippen LogP) is 3.73. The Bertz CT molecular complexity index is 586. The highest BCUT2D eigenvalue weighted by atomic mass is 16.7. The molecular formula is C19H26O4. The van der Waals surface area contributed by atoms with Gasteiger partial charge in [-0.1, -0.05) is 39.8 Å². The van der Waals surface area contributed by atoms with Crippen LogP contribution in [0.15, 0.2) is 12.1 Å². The monoisotopic (exact) mass is 318 g/mol. The Balaban J connectivity index is 2.36. The number of ether oxygens (including phenoxy) is 2. The first-order valence-electron chi connectivity index (χ1n) is 7.97. The van der Waals surface area contributed by atoms with Crippen molar-refractivity contribution in [3.05, 3.63) is 23.3 Å². The minimum absolute atomic E-state index is 0.145. The van der Waals surface area contributed by atoms with Gasteiger partial charge in [0.05, 0.1) is 0 Å². The molecule has 0 saturated heterocycles. The maximum atomic E-state index is 11.8. The number of hydrogen-bond acceptors (Lipinski definition) is 4. The third-order valence-electron chi connectivity index (χ3n) is 4.85. The Morgan fingerprint density at radius 3 is 1.52 bits per heavy atom. The lowest BCUT2D eigenvalue weighted by Gasteiger charge is -2.24. The molecule has 2 rings (SSSR count). The van der Waals surface area contributed by atoms with Crippen LogP contribution in [-0.4, -0.2) is 18.4 Å². The van der Waals surface area contributed by atoms with Crippen LogP contribution < -0.4 is 9.47 Å². The molecule has 0 saturated carbocycles. The number of ketones is 2. The Morgan fingerprint density at radius 2 is 1.22 bits per heavy atom. The average Bonchev–Trinajstić information content (AvgIpc) is 2.90. The SMILES string of the molecule is CC(=O)C(C)(C)Cc1ccc(CC(C)(C)C(C)=O)c2c1OCO2. The smallest absolute Gasteiger partial charge is 0.231 e. The average molecular weight is 318 g/mol. The van der Waals surface area contributed by atoms with E-state index < -0.39 is 10.8 Å². The highest BCUT2D eigenvalue weighted by molar-refractivity contribution is 5.82. The summed E-state index contributed by atoms with van der Waals surface area (Å²) in [6.45, 7) is 11.1. The molecule has 0 amide bonds. The van der Waals surface area contributed by atoms with E-state index in [2.05, 4.69) is 0 Å². The molecule has 1 heterocycles. The molecule has 1 aromatic rings. The summed E-state index contributed by atoms with van der Waals surface area (Å²) in [7, 11) is 0. The number of hydrogen-bond donors (Lipinski definition) is 0. The lowest BCUT2D eigenvalue weighted by molar-refractivity contribution is -0.125. The molecule has 0 aliphatic carbocycles. The molecule has 0 radical (unpaired) electrons. The molecule has 4 nitrogen and oxygen atoms in total. The van der Waals surface area contributed by atoms with Crippen LogP contribution in [0.1, 0.15) is 52.7 Å². The summed E-state index contributed by atoms with van der Waals surface area (Å²) in [6.07, 6.45) is 1.20. The maximum Gasteiger partial charge on any atom is 0.231 e. The molecule has 0 spiro atoms. The van der Waals surface area contributed by atoms with Gasteiger partial charge in [0.2, 0.25) is 6.79 Å². The van der Waals surface area contributed by atoms with Crippen LogP contribution in [0.5, 0.6) is 11.5 Å². The lowest BCUT2D eigenvalue weighted by Crippen LogP contribution is -2.25. The number of rotatable bonds is 6. The van der Waals surface area contributed by atoms with E-state index >= 15 is 0 Å². The molecule has 0 fully saturated rings. The van der Waals surface area contributed by atoms with Crippen molar-refractivity contribution in [3.8, 4) is 11.5 Å². The van der Waals surface area contributed by atoms with Gasteiger partial charge in [-0.2, -0.15) is 0 Å². The van der Waals surface area contributed by atoms with Crippen molar-refractivity contribution >= 4 is 11.6 Å². The fourth-order valence-electron chi connectivity index (χ4n) is 2.59. The molecule has 0 unspecified atom stereocenters. The molecular weight excluding hydrogens is 292 g/mol. The molecule has 1 aromatic carbocycles. The number of carbonyl (C=O) groups is 2. The maximum absolute atomic E-state index is 11.8. The van der Waals surface area contributed by atoms with Crippen molar-refractivity contribution in [2.45, 2.75) is 54.4 Å². The highest BCUT2D eigenvalue weighted by Gasteiger charge is 2.32. The fourth-order valence-corrected chi connectivity index (χ4v) is 2.59. The second-order valence-electron chi connectivity index (χ2n) is 7.68. The Hall–Kier alpha value is -1.84. The van der Waals surface area contributed by atoms with Crippen LogP contribution in [0.25, 0.3) is 0 Å². The van der Waals surface area contributed by atoms with Gasteiger partial charge in [-0.3, -0.25) is 9.59 Å². The van der Waals surface area contributed by atoms with Crippen molar-refractivity contribution in [1.29, 1.82) is 0 Å². The zero-order chi connectivity index (χ0) is 17.4. The van der Waals surface area contributed by atoms with E-state index in [0.29, 0.717) is 12.8 Å². The molecule has 126 valence electrons. The van der Waals surface area contributed by atoms with Crippen molar-refractivity contribution in [2.24, 2.45) is 10.8 Å². The number of Topliss-reactive ketones (excluding diaryl/α,β-unsaturated/α-hetero) is 2. The number of fused-ring (bicyclic) bond motifs is 1. The minimum Gasteiger partial charge on any atom is -0.453 e. The summed E-state index contributed by atoms with van der Waals surface area (Å²) >= 11 is 0. The van der Waals surface area contributed by atoms with Gasteiger partial charge < -0.3 is 9.47 Å². The predicted molar refractivity (Wildman–Crippen MR) is 88.9 cm³/mol. The molecule has 4 heteroatoms. The first kappa shape index (κ1) is 17.5. The van der Waals surface area contributed by atoms with E-state index in [1.807, 2.05) is 39.8 Å². The Morgan fingerprint density at radius 1 is 0.870 bits per heavy atom. The van der Waals surface area contributed by atoms with Crippen LogP contribution in [-0.2, 0) is 22.4 Å². The van der Waals surface area contributed by atoms with Gasteiger partial charge >= 0.3 is 0 Å². The molecule has 1 aliphatic heterocycles. The van der Waals surface area contributed by atoms with E-state index in [1.54, 1.807) is 13.8 Å². The van der Waals surface area contributed by atoms with E-state index in [0.717, 1.165) is 22.6 Å². The van der Waals surface area contributed by atoms with Crippen molar-refractivity contribution in [3.63, 3.8) is 0 Å². The van der Waals surface area contributed by atoms with Crippen molar-refractivity contribution in [2.75, 3.05) is 6.79 Å². The summed E-state index contributed by atoms with van der Waals surface area (Å²) in [5.41, 5.74) is 1.06. The van der Waals surface area contributed by atoms with Gasteiger partial charge in [-0.05, 0) is 37.8 Å². The zero-order valence-corrected chi connectivity index (χ0v) is 14.9. The van der Waals surface area contributed by atoms with Gasteiger partial charge in [0.15, 0.2) is 11.5 Å². The van der Waals surface area contributed by atoms with Gasteiger partial charge in [-0.15, -0.1) is 0 Å². The van der Waals surface area contributed by atoms with Gasteiger partial charge in [0.1, 0.15) is 11.6 Å². The van der Waals surface area contributed by atoms with E-state index in [4.69, 9.17) is 9.47 Å². The Labute approximate surface area is 138 Å². The second-order valence-corrected chi connectivity index (χ2v) is 7.68. The third kappa shape index (κ3) is 3.57. The first-order valence-corrected chi connectivity index (χ1v) is 7.97. The summed E-state index contributed by atoms with van der Waals surface area (Å²) in [5, 5.41) is 0. The van der Waals surface area contributed by atoms with E-state index in [-0.39, 0.29) is 18.4 Å². The second kappa shape index (κ2) is 5.99. The third-order valence-corrected chi connectivity index (χ3v) is 4.85. The van der Waals surface area contributed by atoms with E-state index in [1.165, 1.54) is 0 Å². The van der Waals surface area contributed by atoms with Crippen LogP contribution >= 0.6 is 0 Å². The van der Waals surface area contributed by atoms with Crippen LogP contribution in [0.4, 0.5) is 0 Å². The quantitative estimate of drug-likeness (QED) is 0.802. The van der Waals surface area contributed by atoms with E-state index in [9.17, 15) is 9.59 Å². The first-order chi connectivity index (χ1) is 10.5. The molecule has 0 atom stereocenters. The Kier molecular flexibility index (Phi) is 4.56. The van der Waals surface area contributed by atoms with Crippen molar-refractivity contribution < 1.29 is 19.1 Å². The fraction of sp³-hybridized carbons (Fsp3) is 0.579.